The predicted octanol–water partition coefficient (Wildman–Crippen LogP) is 3.76. The largest absolute Gasteiger partial charge is 0.342 e. The van der Waals surface area contributed by atoms with Crippen molar-refractivity contribution in [2.75, 3.05) is 18.4 Å². The third-order valence-corrected chi connectivity index (χ3v) is 7.39. The van der Waals surface area contributed by atoms with Crippen LogP contribution < -0.4 is 10.6 Å². The SMILES string of the molecule is CC(=O)N1CC2Cc3nc(NC(=O)NC(C)C)sc3C(C1)C2c1nc(-c2ccc(F)cc2)no1. The van der Waals surface area contributed by atoms with Crippen molar-refractivity contribution in [3.05, 3.63) is 46.5 Å². The smallest absolute Gasteiger partial charge is 0.321 e. The first kappa shape index (κ1) is 22.5. The lowest BCUT2D eigenvalue weighted by atomic mass is 9.70. The Hall–Kier alpha value is -3.34. The lowest BCUT2D eigenvalue weighted by molar-refractivity contribution is -0.131. The summed E-state index contributed by atoms with van der Waals surface area (Å²) in [5.74, 6) is 0.493. The van der Waals surface area contributed by atoms with E-state index in [9.17, 15) is 14.0 Å². The van der Waals surface area contributed by atoms with Gasteiger partial charge in [-0.1, -0.05) is 5.16 Å². The molecule has 3 amide bonds. The standard InChI is InChI=1S/C23H25FN6O3S/c1-11(2)25-22(32)28-23-26-17-8-14-9-30(12(3)31)10-16(19(17)34-23)18(14)21-27-20(29-33-21)13-4-6-15(24)7-5-13/h4-7,11,14,16,18H,8-10H2,1-3H3,(H2,25,26,28,32). The number of hydrogen-bond acceptors (Lipinski definition) is 7. The van der Waals surface area contributed by atoms with Gasteiger partial charge in [0.25, 0.3) is 0 Å². The van der Waals surface area contributed by atoms with Crippen LogP contribution in [0.4, 0.5) is 14.3 Å². The summed E-state index contributed by atoms with van der Waals surface area (Å²) >= 11 is 1.42. The number of hydrogen-bond donors (Lipinski definition) is 2. The number of nitrogens with zero attached hydrogens (tertiary/aromatic N) is 4. The number of thiazole rings is 1. The quantitative estimate of drug-likeness (QED) is 0.583. The van der Waals surface area contributed by atoms with Crippen molar-refractivity contribution in [1.29, 1.82) is 0 Å². The molecule has 2 bridgehead atoms. The number of fused-ring (bicyclic) bond motifs is 4. The fourth-order valence-electron chi connectivity index (χ4n) is 4.80. The number of piperidine rings is 1. The maximum absolute atomic E-state index is 13.3. The molecule has 2 aromatic heterocycles. The molecule has 1 saturated heterocycles. The van der Waals surface area contributed by atoms with Gasteiger partial charge in [0.15, 0.2) is 5.13 Å². The molecule has 1 aliphatic heterocycles. The van der Waals surface area contributed by atoms with Crippen LogP contribution in [0.15, 0.2) is 28.8 Å². The zero-order chi connectivity index (χ0) is 24.0. The van der Waals surface area contributed by atoms with E-state index in [2.05, 4.69) is 25.8 Å². The van der Waals surface area contributed by atoms with Crippen LogP contribution in [0, 0.1) is 11.7 Å². The molecule has 1 aliphatic carbocycles. The Kier molecular flexibility index (Phi) is 5.80. The lowest BCUT2D eigenvalue weighted by Crippen LogP contribution is -2.49. The van der Waals surface area contributed by atoms with Gasteiger partial charge in [0.05, 0.1) is 11.6 Å². The van der Waals surface area contributed by atoms with E-state index < -0.39 is 0 Å². The highest BCUT2D eigenvalue weighted by molar-refractivity contribution is 7.16. The Labute approximate surface area is 199 Å². The summed E-state index contributed by atoms with van der Waals surface area (Å²) in [5, 5.41) is 10.3. The van der Waals surface area contributed by atoms with Crippen LogP contribution in [0.1, 0.15) is 49.1 Å². The second-order valence-corrected chi connectivity index (χ2v) is 10.1. The van der Waals surface area contributed by atoms with Gasteiger partial charge in [-0.3, -0.25) is 10.1 Å². The second-order valence-electron chi connectivity index (χ2n) is 9.07. The third kappa shape index (κ3) is 4.27. The first-order valence-electron chi connectivity index (χ1n) is 11.2. The molecule has 3 atom stereocenters. The zero-order valence-electron chi connectivity index (χ0n) is 19.0. The number of anilines is 1. The summed E-state index contributed by atoms with van der Waals surface area (Å²) in [5.41, 5.74) is 1.61. The average Bonchev–Trinajstić information content (AvgIpc) is 3.40. The van der Waals surface area contributed by atoms with Gasteiger partial charge >= 0.3 is 6.03 Å². The molecule has 2 N–H and O–H groups in total. The van der Waals surface area contributed by atoms with E-state index in [1.54, 1.807) is 19.1 Å². The van der Waals surface area contributed by atoms with E-state index in [4.69, 9.17) is 4.52 Å². The second kappa shape index (κ2) is 8.79. The number of rotatable bonds is 4. The van der Waals surface area contributed by atoms with Gasteiger partial charge in [0.2, 0.25) is 17.6 Å². The summed E-state index contributed by atoms with van der Waals surface area (Å²) in [6.07, 6.45) is 0.637. The van der Waals surface area contributed by atoms with E-state index in [0.29, 0.717) is 41.9 Å². The number of likely N-dealkylation sites (tertiary alicyclic amines) is 1. The molecule has 3 aromatic rings. The maximum atomic E-state index is 13.3. The van der Waals surface area contributed by atoms with Crippen LogP contribution in [0.25, 0.3) is 11.4 Å². The summed E-state index contributed by atoms with van der Waals surface area (Å²) in [6.45, 7) is 6.43. The van der Waals surface area contributed by atoms with Crippen LogP contribution in [0.2, 0.25) is 0 Å². The molecule has 2 aliphatic rings. The fraction of sp³-hybridized carbons (Fsp3) is 0.435. The fourth-order valence-corrected chi connectivity index (χ4v) is 5.93. The minimum absolute atomic E-state index is 0.00938. The van der Waals surface area contributed by atoms with Crippen molar-refractivity contribution < 1.29 is 18.5 Å². The van der Waals surface area contributed by atoms with Gasteiger partial charge in [-0.05, 0) is 50.5 Å². The molecular formula is C23H25FN6O3S. The van der Waals surface area contributed by atoms with Gasteiger partial charge in [-0.25, -0.2) is 14.2 Å². The number of amides is 3. The summed E-state index contributed by atoms with van der Waals surface area (Å²) in [6, 6.07) is 5.66. The molecule has 9 nitrogen and oxygen atoms in total. The number of carbonyl (C=O) groups excluding carboxylic acids is 2. The predicted molar refractivity (Wildman–Crippen MR) is 124 cm³/mol. The third-order valence-electron chi connectivity index (χ3n) is 6.25. The normalized spacial score (nSPS) is 21.3. The van der Waals surface area contributed by atoms with Gasteiger partial charge in [0.1, 0.15) is 5.82 Å². The topological polar surface area (TPSA) is 113 Å². The van der Waals surface area contributed by atoms with Crippen molar-refractivity contribution >= 4 is 28.4 Å². The molecule has 0 spiro atoms. The molecule has 0 saturated carbocycles. The Balaban J connectivity index is 1.46. The molecule has 0 radical (unpaired) electrons. The lowest BCUT2D eigenvalue weighted by Gasteiger charge is -2.44. The van der Waals surface area contributed by atoms with E-state index in [-0.39, 0.29) is 41.6 Å². The maximum Gasteiger partial charge on any atom is 0.321 e. The Bertz CT molecular complexity index is 1220. The summed E-state index contributed by atoms with van der Waals surface area (Å²) in [4.78, 5) is 36.6. The average molecular weight is 485 g/mol. The molecule has 1 aromatic carbocycles. The number of halogens is 1. The molecule has 3 unspecified atom stereocenters. The Morgan fingerprint density at radius 2 is 1.97 bits per heavy atom. The Morgan fingerprint density at radius 3 is 2.68 bits per heavy atom. The monoisotopic (exact) mass is 484 g/mol. The first-order valence-corrected chi connectivity index (χ1v) is 12.0. The van der Waals surface area contributed by atoms with Crippen molar-refractivity contribution in [3.8, 4) is 11.4 Å². The van der Waals surface area contributed by atoms with Crippen molar-refractivity contribution in [3.63, 3.8) is 0 Å². The zero-order valence-corrected chi connectivity index (χ0v) is 19.9. The number of benzene rings is 1. The van der Waals surface area contributed by atoms with Gasteiger partial charge in [-0.2, -0.15) is 4.98 Å². The molecule has 1 fully saturated rings. The van der Waals surface area contributed by atoms with Crippen molar-refractivity contribution in [2.45, 2.75) is 45.1 Å². The van der Waals surface area contributed by atoms with E-state index in [1.165, 1.54) is 23.5 Å². The molecule has 3 heterocycles. The summed E-state index contributed by atoms with van der Waals surface area (Å²) in [7, 11) is 0. The van der Waals surface area contributed by atoms with Crippen molar-refractivity contribution in [1.82, 2.24) is 25.3 Å². The van der Waals surface area contributed by atoms with Crippen molar-refractivity contribution in [2.24, 2.45) is 5.92 Å². The number of nitrogens with one attached hydrogen (secondary N) is 2. The molecule has 5 rings (SSSR count). The highest BCUT2D eigenvalue weighted by Gasteiger charge is 2.48. The van der Waals surface area contributed by atoms with E-state index in [0.717, 1.165) is 10.6 Å². The molecule has 11 heteroatoms. The number of urea groups is 1. The highest BCUT2D eigenvalue weighted by Crippen LogP contribution is 2.51. The van der Waals surface area contributed by atoms with Gasteiger partial charge in [0, 0.05) is 42.4 Å². The van der Waals surface area contributed by atoms with E-state index in [1.807, 2.05) is 18.7 Å². The minimum Gasteiger partial charge on any atom is -0.342 e. The molecule has 178 valence electrons. The van der Waals surface area contributed by atoms with Crippen LogP contribution in [0.5, 0.6) is 0 Å². The Morgan fingerprint density at radius 1 is 1.21 bits per heavy atom. The minimum atomic E-state index is -0.331. The number of carbonyl (C=O) groups is 2. The van der Waals surface area contributed by atoms with Gasteiger partial charge < -0.3 is 14.7 Å². The van der Waals surface area contributed by atoms with Crippen LogP contribution in [-0.4, -0.2) is 51.1 Å². The first-order chi connectivity index (χ1) is 16.3. The van der Waals surface area contributed by atoms with Crippen LogP contribution in [-0.2, 0) is 11.2 Å². The van der Waals surface area contributed by atoms with Crippen LogP contribution in [0.3, 0.4) is 0 Å². The van der Waals surface area contributed by atoms with Crippen LogP contribution >= 0.6 is 11.3 Å². The molecule has 34 heavy (non-hydrogen) atoms. The van der Waals surface area contributed by atoms with E-state index >= 15 is 0 Å². The summed E-state index contributed by atoms with van der Waals surface area (Å²) < 4.78 is 19.0. The number of aromatic nitrogens is 3. The van der Waals surface area contributed by atoms with Gasteiger partial charge in [-0.15, -0.1) is 11.3 Å². The molecular weight excluding hydrogens is 459 g/mol. The highest BCUT2D eigenvalue weighted by atomic mass is 32.1.